The molecule has 35 heavy (non-hydrogen) atoms. The highest BCUT2D eigenvalue weighted by Gasteiger charge is 2.23. The van der Waals surface area contributed by atoms with E-state index in [1.165, 1.54) is 10.8 Å². The Morgan fingerprint density at radius 3 is 2.57 bits per heavy atom. The molecule has 178 valence electrons. The molecule has 0 saturated heterocycles. The Kier molecular flexibility index (Phi) is 6.88. The van der Waals surface area contributed by atoms with Crippen LogP contribution < -0.4 is 10.1 Å². The quantitative estimate of drug-likeness (QED) is 0.360. The fourth-order valence-corrected chi connectivity index (χ4v) is 4.19. The van der Waals surface area contributed by atoms with E-state index in [9.17, 15) is 14.9 Å². The molecule has 2 heterocycles. The molecule has 2 aromatic carbocycles. The van der Waals surface area contributed by atoms with Crippen LogP contribution in [-0.2, 0) is 23.0 Å². The average Bonchev–Trinajstić information content (AvgIpc) is 3.39. The molecular formula is C27H26N4O4. The van der Waals surface area contributed by atoms with Gasteiger partial charge in [-0.1, -0.05) is 18.2 Å². The summed E-state index contributed by atoms with van der Waals surface area (Å²) >= 11 is 0. The van der Waals surface area contributed by atoms with Gasteiger partial charge in [-0.2, -0.15) is 5.26 Å². The number of esters is 1. The number of aryl methyl sites for hydroxylation is 2. The highest BCUT2D eigenvalue weighted by Crippen LogP contribution is 2.32. The van der Waals surface area contributed by atoms with Crippen LogP contribution in [0.4, 0.5) is 5.69 Å². The second-order valence-corrected chi connectivity index (χ2v) is 8.01. The summed E-state index contributed by atoms with van der Waals surface area (Å²) in [7, 11) is 3.26. The van der Waals surface area contributed by atoms with Crippen LogP contribution >= 0.6 is 0 Å². The zero-order chi connectivity index (χ0) is 24.9. The van der Waals surface area contributed by atoms with Crippen molar-refractivity contribution in [3.8, 4) is 23.1 Å². The summed E-state index contributed by atoms with van der Waals surface area (Å²) in [6.45, 7) is 1.89. The van der Waals surface area contributed by atoms with Gasteiger partial charge in [0.2, 0.25) is 5.91 Å². The van der Waals surface area contributed by atoms with Gasteiger partial charge in [-0.05, 0) is 54.8 Å². The Labute approximate surface area is 203 Å². The van der Waals surface area contributed by atoms with E-state index in [0.29, 0.717) is 6.42 Å². The molecule has 0 aliphatic heterocycles. The number of ether oxygens (including phenoxy) is 2. The highest BCUT2D eigenvalue weighted by molar-refractivity contribution is 6.02. The van der Waals surface area contributed by atoms with E-state index >= 15 is 0 Å². The number of carbonyl (C=O) groups excluding carboxylic acids is 2. The third kappa shape index (κ3) is 4.75. The molecule has 0 fully saturated rings. The number of rotatable bonds is 8. The third-order valence-electron chi connectivity index (χ3n) is 5.83. The lowest BCUT2D eigenvalue weighted by atomic mass is 10.0. The molecule has 2 N–H and O–H groups in total. The lowest BCUT2D eigenvalue weighted by molar-refractivity contribution is -0.116. The van der Waals surface area contributed by atoms with Gasteiger partial charge in [0.1, 0.15) is 11.8 Å². The van der Waals surface area contributed by atoms with Crippen LogP contribution in [0.5, 0.6) is 5.75 Å². The Balaban J connectivity index is 1.60. The van der Waals surface area contributed by atoms with Gasteiger partial charge in [-0.3, -0.25) is 4.79 Å². The molecule has 0 bridgehead atoms. The molecule has 8 heteroatoms. The molecule has 1 amide bonds. The van der Waals surface area contributed by atoms with Crippen molar-refractivity contribution < 1.29 is 19.1 Å². The number of nitrogens with one attached hydrogen (secondary N) is 2. The molecule has 4 aromatic rings. The lowest BCUT2D eigenvalue weighted by Crippen LogP contribution is -2.17. The first-order chi connectivity index (χ1) is 17.0. The van der Waals surface area contributed by atoms with Crippen LogP contribution in [0.2, 0.25) is 0 Å². The number of carbonyl (C=O) groups is 2. The maximum Gasteiger partial charge on any atom is 0.357 e. The number of hydrogen-bond acceptors (Lipinski definition) is 5. The SMILES string of the molecule is CCOC(=O)c1c(NC(=O)CCc2c(-c3ccc(OC)cc3)[nH]c3ccccc23)c(C#N)cn1C. The number of nitrogens with zero attached hydrogens (tertiary/aromatic N) is 2. The first kappa shape index (κ1) is 23.6. The molecule has 0 atom stereocenters. The van der Waals surface area contributed by atoms with Crippen molar-refractivity contribution in [1.29, 1.82) is 5.26 Å². The normalized spacial score (nSPS) is 10.7. The van der Waals surface area contributed by atoms with Crippen molar-refractivity contribution in [3.63, 3.8) is 0 Å². The minimum Gasteiger partial charge on any atom is -0.497 e. The van der Waals surface area contributed by atoms with Crippen LogP contribution in [0.25, 0.3) is 22.2 Å². The van der Waals surface area contributed by atoms with Crippen LogP contribution in [0.3, 0.4) is 0 Å². The van der Waals surface area contributed by atoms with Crippen molar-refractivity contribution in [2.45, 2.75) is 19.8 Å². The Hall–Kier alpha value is -4.51. The van der Waals surface area contributed by atoms with E-state index in [0.717, 1.165) is 33.5 Å². The lowest BCUT2D eigenvalue weighted by Gasteiger charge is -2.10. The summed E-state index contributed by atoms with van der Waals surface area (Å²) in [5, 5.41) is 13.3. The van der Waals surface area contributed by atoms with E-state index in [1.807, 2.05) is 54.6 Å². The van der Waals surface area contributed by atoms with Gasteiger partial charge in [0.25, 0.3) is 0 Å². The molecule has 0 unspecified atom stereocenters. The van der Waals surface area contributed by atoms with Crippen LogP contribution in [0.15, 0.2) is 54.7 Å². The number of aromatic nitrogens is 2. The number of amides is 1. The van der Waals surface area contributed by atoms with Gasteiger partial charge in [-0.15, -0.1) is 0 Å². The van der Waals surface area contributed by atoms with Gasteiger partial charge in [0.15, 0.2) is 5.69 Å². The predicted octanol–water partition coefficient (Wildman–Crippen LogP) is 4.80. The van der Waals surface area contributed by atoms with E-state index in [-0.39, 0.29) is 35.9 Å². The Bertz CT molecular complexity index is 1420. The smallest absolute Gasteiger partial charge is 0.357 e. The number of aromatic amines is 1. The summed E-state index contributed by atoms with van der Waals surface area (Å²) in [6.07, 6.45) is 2.12. The number of nitriles is 1. The molecule has 4 rings (SSSR count). The summed E-state index contributed by atoms with van der Waals surface area (Å²) in [6, 6.07) is 17.7. The van der Waals surface area contributed by atoms with Gasteiger partial charge in [0, 0.05) is 36.3 Å². The third-order valence-corrected chi connectivity index (χ3v) is 5.83. The summed E-state index contributed by atoms with van der Waals surface area (Å²) in [5.74, 6) is -0.131. The van der Waals surface area contributed by atoms with E-state index < -0.39 is 5.97 Å². The zero-order valence-corrected chi connectivity index (χ0v) is 19.8. The first-order valence-electron chi connectivity index (χ1n) is 11.3. The molecule has 0 spiro atoms. The van der Waals surface area contributed by atoms with Crippen molar-refractivity contribution in [1.82, 2.24) is 9.55 Å². The molecule has 0 radical (unpaired) electrons. The number of para-hydroxylation sites is 1. The topological polar surface area (TPSA) is 109 Å². The molecule has 0 aliphatic rings. The van der Waals surface area contributed by atoms with Gasteiger partial charge in [0.05, 0.1) is 25.0 Å². The predicted molar refractivity (Wildman–Crippen MR) is 133 cm³/mol. The van der Waals surface area contributed by atoms with E-state index in [2.05, 4.69) is 10.3 Å². The maximum atomic E-state index is 13.0. The van der Waals surface area contributed by atoms with Crippen molar-refractivity contribution in [3.05, 3.63) is 71.5 Å². The second-order valence-electron chi connectivity index (χ2n) is 8.01. The number of fused-ring (bicyclic) bond motifs is 1. The number of anilines is 1. The van der Waals surface area contributed by atoms with Crippen molar-refractivity contribution in [2.24, 2.45) is 7.05 Å². The standard InChI is InChI=1S/C27H26N4O4/c1-4-35-27(33)26-25(18(15-28)16-31(26)2)30-23(32)14-13-21-20-7-5-6-8-22(20)29-24(21)17-9-11-19(34-3)12-10-17/h5-12,16,29H,4,13-14H2,1-3H3,(H,30,32). The Morgan fingerprint density at radius 2 is 1.89 bits per heavy atom. The number of hydrogen-bond donors (Lipinski definition) is 2. The number of H-pyrrole nitrogens is 1. The largest absolute Gasteiger partial charge is 0.497 e. The van der Waals surface area contributed by atoms with Gasteiger partial charge >= 0.3 is 5.97 Å². The molecular weight excluding hydrogens is 444 g/mol. The number of benzene rings is 2. The van der Waals surface area contributed by atoms with Crippen LogP contribution in [0.1, 0.15) is 35.0 Å². The minimum atomic E-state index is -0.592. The fourth-order valence-electron chi connectivity index (χ4n) is 4.19. The summed E-state index contributed by atoms with van der Waals surface area (Å²) < 4.78 is 11.9. The second kappa shape index (κ2) is 10.2. The van der Waals surface area contributed by atoms with E-state index in [4.69, 9.17) is 9.47 Å². The van der Waals surface area contributed by atoms with Crippen LogP contribution in [0, 0.1) is 11.3 Å². The molecule has 0 saturated carbocycles. The first-order valence-corrected chi connectivity index (χ1v) is 11.3. The summed E-state index contributed by atoms with van der Waals surface area (Å²) in [4.78, 5) is 28.9. The maximum absolute atomic E-state index is 13.0. The van der Waals surface area contributed by atoms with Crippen LogP contribution in [-0.4, -0.2) is 35.1 Å². The monoisotopic (exact) mass is 470 g/mol. The average molecular weight is 471 g/mol. The van der Waals surface area contributed by atoms with Gasteiger partial charge in [-0.25, -0.2) is 4.79 Å². The molecule has 8 nitrogen and oxygen atoms in total. The Morgan fingerprint density at radius 1 is 1.14 bits per heavy atom. The fraction of sp³-hybridized carbons (Fsp3) is 0.222. The molecule has 0 aliphatic carbocycles. The van der Waals surface area contributed by atoms with Gasteiger partial charge < -0.3 is 24.3 Å². The molecule has 2 aromatic heterocycles. The van der Waals surface area contributed by atoms with E-state index in [1.54, 1.807) is 21.1 Å². The van der Waals surface area contributed by atoms with Crippen molar-refractivity contribution in [2.75, 3.05) is 19.0 Å². The minimum absolute atomic E-state index is 0.141. The highest BCUT2D eigenvalue weighted by atomic mass is 16.5. The number of methoxy groups -OCH3 is 1. The zero-order valence-electron chi connectivity index (χ0n) is 19.8. The van der Waals surface area contributed by atoms with Crippen molar-refractivity contribution >= 4 is 28.5 Å². The summed E-state index contributed by atoms with van der Waals surface area (Å²) in [5.41, 5.74) is 4.43.